The third-order valence-corrected chi connectivity index (χ3v) is 5.28. The summed E-state index contributed by atoms with van der Waals surface area (Å²) in [7, 11) is 0. The van der Waals surface area contributed by atoms with Crippen molar-refractivity contribution in [3.63, 3.8) is 0 Å². The Bertz CT molecular complexity index is 980. The van der Waals surface area contributed by atoms with E-state index in [-0.39, 0.29) is 0 Å². The Morgan fingerprint density at radius 2 is 2.24 bits per heavy atom. The van der Waals surface area contributed by atoms with E-state index in [2.05, 4.69) is 11.8 Å². The fourth-order valence-electron chi connectivity index (χ4n) is 2.96. The number of carboxylic acid groups (broad SMARTS) is 1. The summed E-state index contributed by atoms with van der Waals surface area (Å²) in [5, 5.41) is 11.9. The molecule has 3 heterocycles. The number of anilines is 1. The molecule has 4 rings (SSSR count). The quantitative estimate of drug-likeness (QED) is 0.718. The highest BCUT2D eigenvalue weighted by Crippen LogP contribution is 2.33. The lowest BCUT2D eigenvalue weighted by Crippen LogP contribution is -2.46. The van der Waals surface area contributed by atoms with Crippen LogP contribution in [0.15, 0.2) is 41.8 Å². The minimum Gasteiger partial charge on any atom is -0.478 e. The number of rotatable bonds is 4. The molecule has 25 heavy (non-hydrogen) atoms. The standard InChI is InChI=1S/C19H17N3O2S/c1-12-7-9-22(12)19-20-17(15-8-10-25-18(15)21-19)14-4-2-3-13(11-14)5-6-16(23)24/h2-6,8,10-12H,7,9H2,1H3,(H,23,24)/b6-5+/t12-/m0/s1. The zero-order chi connectivity index (χ0) is 17.4. The number of thiophene rings is 1. The van der Waals surface area contributed by atoms with Gasteiger partial charge in [0.25, 0.3) is 0 Å². The summed E-state index contributed by atoms with van der Waals surface area (Å²) in [6, 6.07) is 10.3. The maximum absolute atomic E-state index is 10.7. The molecule has 0 bridgehead atoms. The van der Waals surface area contributed by atoms with Gasteiger partial charge in [-0.2, -0.15) is 0 Å². The molecule has 1 fully saturated rings. The van der Waals surface area contributed by atoms with Gasteiger partial charge in [-0.05, 0) is 42.5 Å². The predicted molar refractivity (Wildman–Crippen MR) is 101 cm³/mol. The third kappa shape index (κ3) is 3.00. The summed E-state index contributed by atoms with van der Waals surface area (Å²) in [6.07, 6.45) is 3.90. The molecular weight excluding hydrogens is 334 g/mol. The molecule has 1 aromatic carbocycles. The average Bonchev–Trinajstić information content (AvgIpc) is 3.06. The molecule has 126 valence electrons. The van der Waals surface area contributed by atoms with Crippen LogP contribution in [0.4, 0.5) is 5.95 Å². The Labute approximate surface area is 149 Å². The normalized spacial score (nSPS) is 17.2. The number of fused-ring (bicyclic) bond motifs is 1. The second-order valence-electron chi connectivity index (χ2n) is 6.14. The number of carboxylic acids is 1. The van der Waals surface area contributed by atoms with Gasteiger partial charge in [0, 0.05) is 29.6 Å². The first-order chi connectivity index (χ1) is 12.1. The van der Waals surface area contributed by atoms with Crippen LogP contribution in [-0.4, -0.2) is 33.6 Å². The molecular formula is C19H17N3O2S. The Morgan fingerprint density at radius 1 is 1.36 bits per heavy atom. The summed E-state index contributed by atoms with van der Waals surface area (Å²) in [5.41, 5.74) is 2.69. The molecule has 0 amide bonds. The van der Waals surface area contributed by atoms with Crippen molar-refractivity contribution in [3.05, 3.63) is 47.4 Å². The molecule has 0 aliphatic carbocycles. The Hall–Kier alpha value is -2.73. The van der Waals surface area contributed by atoms with Crippen molar-refractivity contribution >= 4 is 39.5 Å². The summed E-state index contributed by atoms with van der Waals surface area (Å²) >= 11 is 1.61. The van der Waals surface area contributed by atoms with E-state index in [0.29, 0.717) is 6.04 Å². The lowest BCUT2D eigenvalue weighted by Gasteiger charge is -2.38. The highest BCUT2D eigenvalue weighted by Gasteiger charge is 2.27. The van der Waals surface area contributed by atoms with Crippen LogP contribution in [0.25, 0.3) is 27.6 Å². The van der Waals surface area contributed by atoms with Gasteiger partial charge in [-0.1, -0.05) is 18.2 Å². The van der Waals surface area contributed by atoms with E-state index >= 15 is 0 Å². The Kier molecular flexibility index (Phi) is 3.97. The van der Waals surface area contributed by atoms with Crippen LogP contribution in [0.2, 0.25) is 0 Å². The van der Waals surface area contributed by atoms with E-state index in [1.54, 1.807) is 17.4 Å². The van der Waals surface area contributed by atoms with Crippen LogP contribution in [-0.2, 0) is 4.79 Å². The van der Waals surface area contributed by atoms with E-state index < -0.39 is 5.97 Å². The summed E-state index contributed by atoms with van der Waals surface area (Å²) < 4.78 is 0. The molecule has 1 N–H and O–H groups in total. The molecule has 6 heteroatoms. The highest BCUT2D eigenvalue weighted by molar-refractivity contribution is 7.16. The maximum Gasteiger partial charge on any atom is 0.328 e. The SMILES string of the molecule is C[C@H]1CCN1c1nc(-c2cccc(/C=C/C(=O)O)c2)c2ccsc2n1. The summed E-state index contributed by atoms with van der Waals surface area (Å²) in [5.74, 6) is -0.183. The first-order valence-corrected chi connectivity index (χ1v) is 9.03. The molecule has 1 aliphatic rings. The van der Waals surface area contributed by atoms with Crippen molar-refractivity contribution in [1.29, 1.82) is 0 Å². The van der Waals surface area contributed by atoms with Gasteiger partial charge >= 0.3 is 5.97 Å². The molecule has 0 saturated carbocycles. The molecule has 5 nitrogen and oxygen atoms in total. The zero-order valence-electron chi connectivity index (χ0n) is 13.7. The van der Waals surface area contributed by atoms with Gasteiger partial charge in [-0.15, -0.1) is 11.3 Å². The highest BCUT2D eigenvalue weighted by atomic mass is 32.1. The molecule has 0 spiro atoms. The van der Waals surface area contributed by atoms with E-state index in [1.165, 1.54) is 0 Å². The number of aliphatic carboxylic acids is 1. The predicted octanol–water partition coefficient (Wildman–Crippen LogP) is 4.05. The monoisotopic (exact) mass is 351 g/mol. The number of benzene rings is 1. The summed E-state index contributed by atoms with van der Waals surface area (Å²) in [4.78, 5) is 23.5. The van der Waals surface area contributed by atoms with Crippen molar-refractivity contribution in [2.24, 2.45) is 0 Å². The van der Waals surface area contributed by atoms with Crippen LogP contribution < -0.4 is 4.90 Å². The number of carbonyl (C=O) groups is 1. The van der Waals surface area contributed by atoms with Crippen molar-refractivity contribution < 1.29 is 9.90 Å². The van der Waals surface area contributed by atoms with Crippen LogP contribution in [0, 0.1) is 0 Å². The second-order valence-corrected chi connectivity index (χ2v) is 7.03. The fourth-order valence-corrected chi connectivity index (χ4v) is 3.72. The van der Waals surface area contributed by atoms with E-state index in [9.17, 15) is 4.79 Å². The van der Waals surface area contributed by atoms with Crippen molar-refractivity contribution in [3.8, 4) is 11.3 Å². The van der Waals surface area contributed by atoms with Gasteiger partial charge in [-0.3, -0.25) is 0 Å². The van der Waals surface area contributed by atoms with Gasteiger partial charge < -0.3 is 10.0 Å². The zero-order valence-corrected chi connectivity index (χ0v) is 14.5. The lowest BCUT2D eigenvalue weighted by atomic mass is 10.0. The summed E-state index contributed by atoms with van der Waals surface area (Å²) in [6.45, 7) is 3.17. The number of aromatic nitrogens is 2. The van der Waals surface area contributed by atoms with Gasteiger partial charge in [0.15, 0.2) is 0 Å². The number of hydrogen-bond acceptors (Lipinski definition) is 5. The van der Waals surface area contributed by atoms with Gasteiger partial charge in [0.2, 0.25) is 5.95 Å². The molecule has 3 aromatic rings. The van der Waals surface area contributed by atoms with Gasteiger partial charge in [0.1, 0.15) is 4.83 Å². The van der Waals surface area contributed by atoms with Crippen molar-refractivity contribution in [2.75, 3.05) is 11.4 Å². The molecule has 0 unspecified atom stereocenters. The van der Waals surface area contributed by atoms with Gasteiger partial charge in [0.05, 0.1) is 5.69 Å². The van der Waals surface area contributed by atoms with Crippen molar-refractivity contribution in [1.82, 2.24) is 9.97 Å². The molecule has 1 saturated heterocycles. The molecule has 1 aliphatic heterocycles. The average molecular weight is 351 g/mol. The van der Waals surface area contributed by atoms with Crippen LogP contribution in [0.3, 0.4) is 0 Å². The van der Waals surface area contributed by atoms with E-state index in [1.807, 2.05) is 35.7 Å². The first kappa shape index (κ1) is 15.8. The number of hydrogen-bond donors (Lipinski definition) is 1. The Balaban J connectivity index is 1.81. The van der Waals surface area contributed by atoms with Gasteiger partial charge in [-0.25, -0.2) is 14.8 Å². The van der Waals surface area contributed by atoms with E-state index in [4.69, 9.17) is 15.1 Å². The lowest BCUT2D eigenvalue weighted by molar-refractivity contribution is -0.131. The van der Waals surface area contributed by atoms with E-state index in [0.717, 1.165) is 52.0 Å². The first-order valence-electron chi connectivity index (χ1n) is 8.15. The topological polar surface area (TPSA) is 66.3 Å². The smallest absolute Gasteiger partial charge is 0.328 e. The largest absolute Gasteiger partial charge is 0.478 e. The van der Waals surface area contributed by atoms with Crippen LogP contribution >= 0.6 is 11.3 Å². The fraction of sp³-hybridized carbons (Fsp3) is 0.211. The minimum atomic E-state index is -0.957. The molecule has 1 atom stereocenters. The molecule has 0 radical (unpaired) electrons. The molecule has 2 aromatic heterocycles. The minimum absolute atomic E-state index is 0.468. The third-order valence-electron chi connectivity index (χ3n) is 4.47. The van der Waals surface area contributed by atoms with Crippen molar-refractivity contribution in [2.45, 2.75) is 19.4 Å². The van der Waals surface area contributed by atoms with Crippen LogP contribution in [0.1, 0.15) is 18.9 Å². The number of nitrogens with zero attached hydrogens (tertiary/aromatic N) is 3. The Morgan fingerprint density at radius 3 is 2.96 bits per heavy atom. The van der Waals surface area contributed by atoms with Crippen LogP contribution in [0.5, 0.6) is 0 Å². The second kappa shape index (κ2) is 6.29. The maximum atomic E-state index is 10.7.